The predicted molar refractivity (Wildman–Crippen MR) is 217 cm³/mol. The number of halogens is 6. The molecule has 0 bridgehead atoms. The number of aromatic nitrogens is 2. The molecule has 4 rings (SSSR count). The fraction of sp³-hybridized carbons (Fsp3) is 0.684. The summed E-state index contributed by atoms with van der Waals surface area (Å²) in [5, 5.41) is 1.49. The Labute approximate surface area is 387 Å². The van der Waals surface area contributed by atoms with Gasteiger partial charge in [0, 0.05) is 39.6 Å². The molecule has 2 saturated carbocycles. The van der Waals surface area contributed by atoms with Gasteiger partial charge in [-0.1, -0.05) is 120 Å². The van der Waals surface area contributed by atoms with Gasteiger partial charge in [-0.25, -0.2) is 4.98 Å². The Morgan fingerprint density at radius 1 is 0.778 bits per heavy atom. The van der Waals surface area contributed by atoms with Gasteiger partial charge in [-0.05, 0) is 49.7 Å². The van der Waals surface area contributed by atoms with Gasteiger partial charge in [-0.2, -0.15) is 0 Å². The Hall–Kier alpha value is 0.301. The largest absolute Gasteiger partial charge is 1.00 e. The summed E-state index contributed by atoms with van der Waals surface area (Å²) in [6.45, 7) is 5.30. The zero-order valence-electron chi connectivity index (χ0n) is 32.5. The minimum Gasteiger partial charge on any atom is -0.465 e. The van der Waals surface area contributed by atoms with Crippen molar-refractivity contribution in [3.05, 3.63) is 45.4 Å². The maximum atomic E-state index is 11.9. The second-order valence-electron chi connectivity index (χ2n) is 13.6. The van der Waals surface area contributed by atoms with Gasteiger partial charge in [0.05, 0.1) is 41.8 Å². The van der Waals surface area contributed by atoms with Crippen molar-refractivity contribution in [1.29, 1.82) is 0 Å². The number of rotatable bonds is 22. The molecule has 0 amide bonds. The number of carbonyl (C=O) groups excluding carboxylic acids is 2. The number of nitrogens with zero attached hydrogens (tertiary/aromatic N) is 2. The summed E-state index contributed by atoms with van der Waals surface area (Å²) in [6.07, 6.45) is 16.5. The second-order valence-corrected chi connectivity index (χ2v) is 16.9. The smallest absolute Gasteiger partial charge is 0.465 e. The fourth-order valence-electron chi connectivity index (χ4n) is 5.03. The SMILES string of the molecule is CCCCC(CC)COC(=O)CCSc1ccnc(C2CC2)c1Cl.CCCCC(CC)COC(=O)CCSc1ccnc(Cl)c1Cl.F[B-](F)(F)C1CC1.[K+]. The third-order valence-corrected chi connectivity index (χ3v) is 12.5. The van der Waals surface area contributed by atoms with Gasteiger partial charge in [0.1, 0.15) is 5.15 Å². The van der Waals surface area contributed by atoms with Crippen LogP contribution in [0.1, 0.15) is 129 Å². The van der Waals surface area contributed by atoms with Gasteiger partial charge in [0.2, 0.25) is 0 Å². The summed E-state index contributed by atoms with van der Waals surface area (Å²) in [7, 11) is 0. The number of hydrogen-bond donors (Lipinski definition) is 0. The molecule has 2 aromatic heterocycles. The Balaban J connectivity index is 0.000000451. The summed E-state index contributed by atoms with van der Waals surface area (Å²) >= 11 is 21.4. The predicted octanol–water partition coefficient (Wildman–Crippen LogP) is 10.5. The molecule has 0 radical (unpaired) electrons. The maximum absolute atomic E-state index is 11.9. The Morgan fingerprint density at radius 2 is 1.24 bits per heavy atom. The van der Waals surface area contributed by atoms with E-state index in [0.717, 1.165) is 46.2 Å². The quantitative estimate of drug-likeness (QED) is 0.0501. The first-order valence-electron chi connectivity index (χ1n) is 19.0. The summed E-state index contributed by atoms with van der Waals surface area (Å²) in [6, 6.07) is 3.73. The number of thioether (sulfide) groups is 2. The van der Waals surface area contributed by atoms with Crippen LogP contribution in [0.2, 0.25) is 21.0 Å². The minimum atomic E-state index is -4.44. The Kier molecular flexibility index (Phi) is 28.6. The summed E-state index contributed by atoms with van der Waals surface area (Å²) in [5.74, 6) is 1.67. The monoisotopic (exact) mass is 880 g/mol. The normalized spacial score (nSPS) is 14.7. The average molecular weight is 882 g/mol. The molecule has 6 nitrogen and oxygen atoms in total. The van der Waals surface area contributed by atoms with Gasteiger partial charge in [0.25, 0.3) is 0 Å². The van der Waals surface area contributed by atoms with Crippen molar-refractivity contribution >= 4 is 77.2 Å². The number of ether oxygens (including phenoxy) is 2. The first-order valence-corrected chi connectivity index (χ1v) is 22.2. The Morgan fingerprint density at radius 3 is 1.63 bits per heavy atom. The number of pyridine rings is 2. The van der Waals surface area contributed by atoms with Crippen molar-refractivity contribution in [1.82, 2.24) is 9.97 Å². The molecule has 2 atom stereocenters. The minimum absolute atomic E-state index is 0. The van der Waals surface area contributed by atoms with Gasteiger partial charge >= 0.3 is 70.3 Å². The third-order valence-electron chi connectivity index (χ3n) is 8.99. The molecule has 2 heterocycles. The van der Waals surface area contributed by atoms with Gasteiger partial charge < -0.3 is 22.4 Å². The van der Waals surface area contributed by atoms with Gasteiger partial charge in [-0.3, -0.25) is 14.6 Å². The zero-order chi connectivity index (χ0) is 39.2. The van der Waals surface area contributed by atoms with E-state index in [1.807, 2.05) is 12.3 Å². The molecule has 2 aromatic rings. The topological polar surface area (TPSA) is 78.4 Å². The first-order chi connectivity index (χ1) is 25.3. The molecule has 2 fully saturated rings. The molecular formula is C38H56BCl3F3KN2O4S2. The maximum Gasteiger partial charge on any atom is 1.00 e. The van der Waals surface area contributed by atoms with Crippen LogP contribution < -0.4 is 51.4 Å². The molecule has 0 aliphatic heterocycles. The summed E-state index contributed by atoms with van der Waals surface area (Å²) in [5.41, 5.74) is 1.02. The molecule has 2 unspecified atom stereocenters. The number of unbranched alkanes of at least 4 members (excludes halogenated alkanes) is 2. The van der Waals surface area contributed by atoms with E-state index in [4.69, 9.17) is 44.3 Å². The third kappa shape index (κ3) is 22.5. The Bertz CT molecular complexity index is 1380. The van der Waals surface area contributed by atoms with E-state index < -0.39 is 12.8 Å². The van der Waals surface area contributed by atoms with Crippen molar-refractivity contribution in [2.24, 2.45) is 11.8 Å². The molecule has 16 heteroatoms. The van der Waals surface area contributed by atoms with Crippen LogP contribution in [0.4, 0.5) is 12.9 Å². The van der Waals surface area contributed by atoms with Crippen molar-refractivity contribution in [2.45, 2.75) is 139 Å². The van der Waals surface area contributed by atoms with E-state index in [1.54, 1.807) is 24.0 Å². The van der Waals surface area contributed by atoms with Crippen LogP contribution in [0, 0.1) is 11.8 Å². The van der Waals surface area contributed by atoms with Crippen LogP contribution in [0.3, 0.4) is 0 Å². The van der Waals surface area contributed by atoms with E-state index in [-0.39, 0.29) is 68.5 Å². The van der Waals surface area contributed by atoms with Crippen LogP contribution in [0.15, 0.2) is 34.3 Å². The molecule has 2 aliphatic carbocycles. The molecule has 0 spiro atoms. The van der Waals surface area contributed by atoms with E-state index >= 15 is 0 Å². The molecular weight excluding hydrogens is 826 g/mol. The van der Waals surface area contributed by atoms with Crippen molar-refractivity contribution in [3.8, 4) is 0 Å². The number of esters is 2. The molecule has 0 aromatic carbocycles. The molecule has 0 N–H and O–H groups in total. The zero-order valence-corrected chi connectivity index (χ0v) is 39.6. The van der Waals surface area contributed by atoms with Crippen LogP contribution in [-0.4, -0.2) is 53.6 Å². The summed E-state index contributed by atoms with van der Waals surface area (Å²) < 4.78 is 44.7. The van der Waals surface area contributed by atoms with Crippen molar-refractivity contribution in [3.63, 3.8) is 0 Å². The van der Waals surface area contributed by atoms with Crippen LogP contribution in [-0.2, 0) is 19.1 Å². The molecule has 54 heavy (non-hydrogen) atoms. The number of carbonyl (C=O) groups is 2. The standard InChI is InChI=1S/C19H28ClNO2S.C16H23Cl2NO2S.C3H5BF3.K/c1-3-5-6-14(4-2)13-23-17(22)10-12-24-16-9-11-21-19(18(16)20)15-7-8-15;1-3-5-6-12(4-2)11-21-14(20)8-10-22-13-7-9-19-16(18)15(13)17;5-4(6,7)3-1-2-3;/h9,11,14-15H,3-8,10,12-13H2,1-2H3;7,9,12H,3-6,8,10-11H2,1-2H3;3H,1-2H2;/q;;-1;+1. The van der Waals surface area contributed by atoms with Crippen LogP contribution in [0.5, 0.6) is 0 Å². The van der Waals surface area contributed by atoms with E-state index in [2.05, 4.69) is 37.7 Å². The first kappa shape index (κ1) is 52.3. The molecule has 0 saturated heterocycles. The second kappa shape index (κ2) is 29.5. The van der Waals surface area contributed by atoms with Gasteiger partial charge in [0.15, 0.2) is 0 Å². The molecule has 2 aliphatic rings. The van der Waals surface area contributed by atoms with E-state index in [9.17, 15) is 22.5 Å². The van der Waals surface area contributed by atoms with Crippen molar-refractivity contribution in [2.75, 3.05) is 24.7 Å². The average Bonchev–Trinajstić information content (AvgIpc) is 4.05. The van der Waals surface area contributed by atoms with Crippen LogP contribution >= 0.6 is 58.3 Å². The molecule has 300 valence electrons. The fourth-order valence-corrected chi connectivity index (χ4v) is 7.70. The van der Waals surface area contributed by atoms with E-state index in [0.29, 0.717) is 73.2 Å². The van der Waals surface area contributed by atoms with Crippen molar-refractivity contribution < 1.29 is 83.4 Å². The van der Waals surface area contributed by atoms with Gasteiger partial charge in [-0.15, -0.1) is 23.5 Å². The summed E-state index contributed by atoms with van der Waals surface area (Å²) in [4.78, 5) is 33.8. The number of hydrogen-bond acceptors (Lipinski definition) is 8. The van der Waals surface area contributed by atoms with Crippen LogP contribution in [0.25, 0.3) is 0 Å². The van der Waals surface area contributed by atoms with E-state index in [1.165, 1.54) is 50.3 Å².